The van der Waals surface area contributed by atoms with E-state index in [-0.39, 0.29) is 24.4 Å². The van der Waals surface area contributed by atoms with Gasteiger partial charge in [-0.15, -0.1) is 0 Å². The second-order valence-electron chi connectivity index (χ2n) is 12.5. The van der Waals surface area contributed by atoms with Crippen LogP contribution in [-0.4, -0.2) is 48.5 Å². The van der Waals surface area contributed by atoms with Crippen LogP contribution in [0.5, 0.6) is 0 Å². The lowest BCUT2D eigenvalue weighted by atomic mass is 9.99. The van der Waals surface area contributed by atoms with Crippen LogP contribution in [0.4, 0.5) is 0 Å². The first kappa shape index (κ1) is 32.4. The van der Waals surface area contributed by atoms with Crippen molar-refractivity contribution in [2.24, 2.45) is 0 Å². The maximum atomic E-state index is 7.00. The van der Waals surface area contributed by atoms with Gasteiger partial charge >= 0.3 is 0 Å². The van der Waals surface area contributed by atoms with Gasteiger partial charge < -0.3 is 23.7 Å². The highest BCUT2D eigenvalue weighted by atomic mass is 16.7. The van der Waals surface area contributed by atoms with Gasteiger partial charge in [0.2, 0.25) is 0 Å². The Balaban J connectivity index is 1.25. The molecule has 7 rings (SSSR count). The molecule has 0 bridgehead atoms. The summed E-state index contributed by atoms with van der Waals surface area (Å²) in [5, 5.41) is 0. The molecule has 2 aliphatic rings. The molecule has 5 aromatic rings. The molecule has 0 aromatic heterocycles. The molecule has 0 N–H and O–H groups in total. The molecule has 0 spiro atoms. The lowest BCUT2D eigenvalue weighted by Gasteiger charge is -2.38. The van der Waals surface area contributed by atoms with Crippen molar-refractivity contribution in [2.45, 2.75) is 63.1 Å². The summed E-state index contributed by atoms with van der Waals surface area (Å²) in [5.41, 5.74) is 5.53. The number of fused-ring (bicyclic) bond motifs is 1. The number of nitrogens with zero attached hydrogens (tertiary/aromatic N) is 1. The average Bonchev–Trinajstić information content (AvgIpc) is 3.52. The van der Waals surface area contributed by atoms with E-state index >= 15 is 0 Å². The van der Waals surface area contributed by atoms with Crippen molar-refractivity contribution >= 4 is 0 Å². The lowest BCUT2D eigenvalue weighted by Crippen LogP contribution is -2.53. The number of ether oxygens (including phenoxy) is 5. The van der Waals surface area contributed by atoms with Crippen LogP contribution in [-0.2, 0) is 50.0 Å². The monoisotopic (exact) mass is 641 g/mol. The van der Waals surface area contributed by atoms with Crippen molar-refractivity contribution in [1.29, 1.82) is 0 Å². The fraction of sp³-hybridized carbons (Fsp3) is 0.286. The first-order valence-electron chi connectivity index (χ1n) is 16.9. The zero-order valence-electron chi connectivity index (χ0n) is 27.1. The van der Waals surface area contributed by atoms with Crippen LogP contribution in [0.3, 0.4) is 0 Å². The van der Waals surface area contributed by atoms with E-state index in [0.717, 1.165) is 22.3 Å². The van der Waals surface area contributed by atoms with Gasteiger partial charge in [-0.3, -0.25) is 4.90 Å². The maximum absolute atomic E-state index is 7.00. The zero-order chi connectivity index (χ0) is 32.4. The smallest absolute Gasteiger partial charge is 0.184 e. The summed E-state index contributed by atoms with van der Waals surface area (Å²) in [7, 11) is 0. The fourth-order valence-corrected chi connectivity index (χ4v) is 6.68. The van der Waals surface area contributed by atoms with E-state index in [2.05, 4.69) is 83.8 Å². The minimum absolute atomic E-state index is 0.147. The standard InChI is InChI=1S/C42H43NO5/c1-6-16-32(17-7-1)26-43-27-38-40(48-42(47-38)36-24-14-5-15-25-36)41(46-30-35-22-12-4-13-23-35)39(45-29-34-20-10-3-11-21-34)37(43)31-44-28-33-18-8-2-9-19-33/h1-25,37-42H,26-31H2/t37?,38?,39-,40?,41+,42?/m1/s1. The van der Waals surface area contributed by atoms with Gasteiger partial charge in [0.05, 0.1) is 32.5 Å². The van der Waals surface area contributed by atoms with Crippen molar-refractivity contribution < 1.29 is 23.7 Å². The first-order valence-corrected chi connectivity index (χ1v) is 16.9. The highest BCUT2D eigenvalue weighted by Gasteiger charge is 2.52. The largest absolute Gasteiger partial charge is 0.375 e. The molecule has 246 valence electrons. The number of likely N-dealkylation sites (tertiary alicyclic amines) is 1. The van der Waals surface area contributed by atoms with Gasteiger partial charge in [-0.2, -0.15) is 0 Å². The topological polar surface area (TPSA) is 49.4 Å². The second-order valence-corrected chi connectivity index (χ2v) is 12.5. The summed E-state index contributed by atoms with van der Waals surface area (Å²) >= 11 is 0. The molecule has 48 heavy (non-hydrogen) atoms. The molecule has 2 aliphatic heterocycles. The molecule has 2 fully saturated rings. The molecule has 0 amide bonds. The summed E-state index contributed by atoms with van der Waals surface area (Å²) in [4.78, 5) is 2.45. The summed E-state index contributed by atoms with van der Waals surface area (Å²) in [5.74, 6) is 0. The van der Waals surface area contributed by atoms with Crippen LogP contribution in [0.1, 0.15) is 34.1 Å². The van der Waals surface area contributed by atoms with E-state index in [1.54, 1.807) is 0 Å². The third-order valence-electron chi connectivity index (χ3n) is 9.13. The third kappa shape index (κ3) is 8.28. The predicted molar refractivity (Wildman–Crippen MR) is 186 cm³/mol. The van der Waals surface area contributed by atoms with Gasteiger partial charge in [0, 0.05) is 18.7 Å². The first-order chi connectivity index (χ1) is 23.8. The van der Waals surface area contributed by atoms with Crippen LogP contribution < -0.4 is 0 Å². The summed E-state index contributed by atoms with van der Waals surface area (Å²) in [6, 6.07) is 51.5. The Morgan fingerprint density at radius 2 is 1.00 bits per heavy atom. The molecule has 4 unspecified atom stereocenters. The average molecular weight is 642 g/mol. The van der Waals surface area contributed by atoms with E-state index in [0.29, 0.717) is 39.5 Å². The molecule has 6 heteroatoms. The molecule has 0 saturated carbocycles. The van der Waals surface area contributed by atoms with E-state index in [9.17, 15) is 0 Å². The number of hydrogen-bond donors (Lipinski definition) is 0. The van der Waals surface area contributed by atoms with Crippen LogP contribution >= 0.6 is 0 Å². The third-order valence-corrected chi connectivity index (χ3v) is 9.13. The quantitative estimate of drug-likeness (QED) is 0.131. The molecule has 0 aliphatic carbocycles. The summed E-state index contributed by atoms with van der Waals surface area (Å²) < 4.78 is 34.1. The normalized spacial score (nSPS) is 24.2. The molecule has 5 aromatic carbocycles. The summed E-state index contributed by atoms with van der Waals surface area (Å²) in [6.07, 6.45) is -1.93. The van der Waals surface area contributed by atoms with E-state index in [4.69, 9.17) is 23.7 Å². The fourth-order valence-electron chi connectivity index (χ4n) is 6.68. The SMILES string of the molecule is c1ccc(COCC2[C@@H](OCc3ccccc3)[C@H](OCc3ccccc3)C3OC(c4ccccc4)OC3CN2Cc2ccccc2)cc1. The molecule has 2 saturated heterocycles. The van der Waals surface area contributed by atoms with Gasteiger partial charge in [0.1, 0.15) is 24.4 Å². The maximum Gasteiger partial charge on any atom is 0.184 e. The Hall–Kier alpha value is -4.14. The van der Waals surface area contributed by atoms with Crippen molar-refractivity contribution in [2.75, 3.05) is 13.2 Å². The Morgan fingerprint density at radius 1 is 0.521 bits per heavy atom. The molecular formula is C42H43NO5. The molecule has 6 atom stereocenters. The van der Waals surface area contributed by atoms with E-state index < -0.39 is 12.4 Å². The number of hydrogen-bond acceptors (Lipinski definition) is 6. The van der Waals surface area contributed by atoms with Crippen molar-refractivity contribution in [1.82, 2.24) is 4.90 Å². The van der Waals surface area contributed by atoms with E-state index in [1.807, 2.05) is 72.8 Å². The molecular weight excluding hydrogens is 598 g/mol. The van der Waals surface area contributed by atoms with Crippen molar-refractivity contribution in [3.8, 4) is 0 Å². The second kappa shape index (κ2) is 16.3. The Labute approximate surface area is 283 Å². The van der Waals surface area contributed by atoms with Gasteiger partial charge in [-0.1, -0.05) is 152 Å². The van der Waals surface area contributed by atoms with Gasteiger partial charge in [0.15, 0.2) is 6.29 Å². The van der Waals surface area contributed by atoms with Gasteiger partial charge in [-0.25, -0.2) is 0 Å². The number of rotatable bonds is 13. The predicted octanol–water partition coefficient (Wildman–Crippen LogP) is 7.74. The zero-order valence-corrected chi connectivity index (χ0v) is 27.1. The summed E-state index contributed by atoms with van der Waals surface area (Å²) in [6.45, 7) is 3.17. The highest BCUT2D eigenvalue weighted by Crippen LogP contribution is 2.39. The Morgan fingerprint density at radius 3 is 1.56 bits per heavy atom. The van der Waals surface area contributed by atoms with E-state index in [1.165, 1.54) is 5.56 Å². The Bertz CT molecular complexity index is 1640. The minimum atomic E-state index is -0.497. The van der Waals surface area contributed by atoms with Crippen LogP contribution in [0, 0.1) is 0 Å². The van der Waals surface area contributed by atoms with Gasteiger partial charge in [-0.05, 0) is 22.3 Å². The molecule has 2 heterocycles. The van der Waals surface area contributed by atoms with Crippen LogP contribution in [0.15, 0.2) is 152 Å². The van der Waals surface area contributed by atoms with Crippen LogP contribution in [0.25, 0.3) is 0 Å². The molecule has 6 nitrogen and oxygen atoms in total. The molecule has 0 radical (unpaired) electrons. The lowest BCUT2D eigenvalue weighted by molar-refractivity contribution is -0.169. The van der Waals surface area contributed by atoms with Crippen molar-refractivity contribution in [3.63, 3.8) is 0 Å². The van der Waals surface area contributed by atoms with Gasteiger partial charge in [0.25, 0.3) is 0 Å². The highest BCUT2D eigenvalue weighted by molar-refractivity contribution is 5.20. The van der Waals surface area contributed by atoms with Crippen molar-refractivity contribution in [3.05, 3.63) is 179 Å². The minimum Gasteiger partial charge on any atom is -0.375 e. The Kier molecular flexibility index (Phi) is 11.0. The van der Waals surface area contributed by atoms with Crippen LogP contribution in [0.2, 0.25) is 0 Å². The number of benzene rings is 5.